The molecule has 0 bridgehead atoms. The predicted octanol–water partition coefficient (Wildman–Crippen LogP) is 1.26. The Morgan fingerprint density at radius 2 is 1.84 bits per heavy atom. The number of aliphatic imine (C=N–C) groups is 2. The molecule has 1 aromatic carbocycles. The first kappa shape index (κ1) is 30.6. The molecule has 0 radical (unpaired) electrons. The molecule has 12 nitrogen and oxygen atoms in total. The van der Waals surface area contributed by atoms with E-state index in [4.69, 9.17) is 16.2 Å². The van der Waals surface area contributed by atoms with Crippen LogP contribution >= 0.6 is 11.8 Å². The van der Waals surface area contributed by atoms with E-state index in [1.54, 1.807) is 56.8 Å². The minimum absolute atomic E-state index is 0.0893. The van der Waals surface area contributed by atoms with Crippen molar-refractivity contribution in [3.63, 3.8) is 0 Å². The van der Waals surface area contributed by atoms with Crippen LogP contribution in [0.3, 0.4) is 0 Å². The minimum atomic E-state index is -0.686. The number of nitrogens with zero attached hydrogens (tertiary/aromatic N) is 3. The number of amides is 2. The molecule has 198 valence electrons. The van der Waals surface area contributed by atoms with E-state index in [-0.39, 0.29) is 46.6 Å². The monoisotopic (exact) mass is 530 g/mol. The second-order valence-electron chi connectivity index (χ2n) is 7.35. The summed E-state index contributed by atoms with van der Waals surface area (Å²) in [6.45, 7) is 1.08. The number of rotatable bonds is 5. The molecule has 37 heavy (non-hydrogen) atoms. The number of carbonyl (C=O) groups excluding carboxylic acids is 4. The van der Waals surface area contributed by atoms with Gasteiger partial charge in [-0.05, 0) is 30.9 Å². The number of hydrogen-bond donors (Lipinski definition) is 4. The van der Waals surface area contributed by atoms with Crippen LogP contribution in [0, 0.1) is 0 Å². The lowest BCUT2D eigenvalue weighted by Crippen LogP contribution is -2.33. The number of guanidine groups is 2. The molecule has 1 aliphatic carbocycles. The van der Waals surface area contributed by atoms with Gasteiger partial charge in [0.25, 0.3) is 5.91 Å². The number of thioether (sulfide) groups is 1. The van der Waals surface area contributed by atoms with E-state index in [2.05, 4.69) is 15.3 Å². The molecule has 0 saturated heterocycles. The number of hydrogen-bond acceptors (Lipinski definition) is 7. The van der Waals surface area contributed by atoms with Crippen molar-refractivity contribution in [3.05, 3.63) is 65.5 Å². The van der Waals surface area contributed by atoms with Crippen LogP contribution in [0.2, 0.25) is 0 Å². The summed E-state index contributed by atoms with van der Waals surface area (Å²) in [4.78, 5) is 54.2. The number of nitrogens with two attached hydrogens (primary N) is 2. The fourth-order valence-corrected chi connectivity index (χ4v) is 2.79. The Labute approximate surface area is 218 Å². The number of aliphatic hydroxyl groups is 1. The third-order valence-electron chi connectivity index (χ3n) is 4.25. The Balaban J connectivity index is 0.000000387. The number of para-hydroxylation sites is 1. The van der Waals surface area contributed by atoms with Crippen molar-refractivity contribution in [1.82, 2.24) is 10.2 Å². The normalized spacial score (nSPS) is 13.2. The summed E-state index contributed by atoms with van der Waals surface area (Å²) in [5, 5.41) is 11.9. The second kappa shape index (κ2) is 15.6. The maximum absolute atomic E-state index is 12.2. The molecule has 0 unspecified atom stereocenters. The van der Waals surface area contributed by atoms with Gasteiger partial charge in [0.2, 0.25) is 17.0 Å². The van der Waals surface area contributed by atoms with Gasteiger partial charge in [-0.2, -0.15) is 9.98 Å². The van der Waals surface area contributed by atoms with Gasteiger partial charge in [-0.3, -0.25) is 14.4 Å². The van der Waals surface area contributed by atoms with E-state index in [9.17, 15) is 24.3 Å². The molecule has 0 spiro atoms. The molecular weight excluding hydrogens is 500 g/mol. The maximum atomic E-state index is 12.2. The van der Waals surface area contributed by atoms with Crippen molar-refractivity contribution in [2.75, 3.05) is 26.9 Å². The summed E-state index contributed by atoms with van der Waals surface area (Å²) in [5.41, 5.74) is 11.2. The van der Waals surface area contributed by atoms with Gasteiger partial charge in [0.15, 0.2) is 5.96 Å². The van der Waals surface area contributed by atoms with E-state index in [1.165, 1.54) is 17.9 Å². The molecule has 2 rings (SSSR count). The lowest BCUT2D eigenvalue weighted by molar-refractivity contribution is -0.130. The fraction of sp³-hybridized carbons (Fsp3) is 0.250. The van der Waals surface area contributed by atoms with Crippen LogP contribution in [-0.4, -0.2) is 71.7 Å². The van der Waals surface area contributed by atoms with Crippen molar-refractivity contribution in [3.8, 4) is 5.75 Å². The molecule has 0 atom stereocenters. The standard InChI is InChI=1S/C16H14O4S.C8H16N6O2/c1-21-16(19)12-8-5-6-10-14(12)20-15(18)11-7-3-2-4-9-13(11)17;1-5(15)11-4-6(16)12-7(9)13-8(10)14(2)3/h2,4-10,17H,3H2,1H3;4H2,1-3H3,(H,11,15)(H4,9,10,12,13,16). The molecule has 0 aliphatic heterocycles. The van der Waals surface area contributed by atoms with Gasteiger partial charge in [-0.15, -0.1) is 0 Å². The second-order valence-corrected chi connectivity index (χ2v) is 8.13. The molecule has 6 N–H and O–H groups in total. The highest BCUT2D eigenvalue weighted by Gasteiger charge is 2.19. The molecule has 13 heteroatoms. The average Bonchev–Trinajstić information content (AvgIpc) is 3.07. The fourth-order valence-electron chi connectivity index (χ4n) is 2.40. The third-order valence-corrected chi connectivity index (χ3v) is 4.84. The highest BCUT2D eigenvalue weighted by molar-refractivity contribution is 8.13. The number of allylic oxidation sites excluding steroid dienone is 4. The number of esters is 1. The van der Waals surface area contributed by atoms with Crippen LogP contribution in [0.15, 0.2) is 69.9 Å². The zero-order chi connectivity index (χ0) is 28.0. The van der Waals surface area contributed by atoms with Gasteiger partial charge in [0.1, 0.15) is 11.5 Å². The van der Waals surface area contributed by atoms with Gasteiger partial charge >= 0.3 is 5.97 Å². The highest BCUT2D eigenvalue weighted by atomic mass is 32.2. The molecular formula is C24H30N6O6S. The SMILES string of the molecule is CC(=O)NCC(=O)N=C(N)/N=C(\N)N(C)C.CSC(=O)c1ccccc1OC(=O)C1=CCC=CC=C1O. The first-order chi connectivity index (χ1) is 17.5. The lowest BCUT2D eigenvalue weighted by Gasteiger charge is -2.10. The van der Waals surface area contributed by atoms with E-state index in [0.717, 1.165) is 11.8 Å². The number of benzene rings is 1. The smallest absolute Gasteiger partial charge is 0.347 e. The molecule has 2 amide bonds. The van der Waals surface area contributed by atoms with Gasteiger partial charge in [0, 0.05) is 21.0 Å². The van der Waals surface area contributed by atoms with Gasteiger partial charge in [-0.1, -0.05) is 42.1 Å². The number of nitrogens with one attached hydrogen (secondary N) is 1. The first-order valence-electron chi connectivity index (χ1n) is 10.7. The quantitative estimate of drug-likeness (QED) is 0.187. The summed E-state index contributed by atoms with van der Waals surface area (Å²) in [5.74, 6) is -1.68. The third kappa shape index (κ3) is 11.3. The summed E-state index contributed by atoms with van der Waals surface area (Å²) < 4.78 is 5.26. The topological polar surface area (TPSA) is 190 Å². The van der Waals surface area contributed by atoms with E-state index < -0.39 is 11.9 Å². The summed E-state index contributed by atoms with van der Waals surface area (Å²) in [6, 6.07) is 6.53. The summed E-state index contributed by atoms with van der Waals surface area (Å²) in [7, 11) is 3.34. The van der Waals surface area contributed by atoms with Crippen molar-refractivity contribution in [2.24, 2.45) is 21.5 Å². The van der Waals surface area contributed by atoms with Crippen molar-refractivity contribution >= 4 is 46.6 Å². The van der Waals surface area contributed by atoms with E-state index >= 15 is 0 Å². The Morgan fingerprint density at radius 1 is 1.16 bits per heavy atom. The van der Waals surface area contributed by atoms with Crippen molar-refractivity contribution in [1.29, 1.82) is 0 Å². The molecule has 0 fully saturated rings. The Morgan fingerprint density at radius 3 is 2.46 bits per heavy atom. The average molecular weight is 531 g/mol. The van der Waals surface area contributed by atoms with Crippen molar-refractivity contribution < 1.29 is 29.0 Å². The van der Waals surface area contributed by atoms with Crippen LogP contribution in [0.4, 0.5) is 0 Å². The number of carbonyl (C=O) groups is 4. The summed E-state index contributed by atoms with van der Waals surface area (Å²) >= 11 is 1.04. The van der Waals surface area contributed by atoms with E-state index in [1.807, 2.05) is 6.08 Å². The molecule has 1 aromatic rings. The number of ether oxygens (including phenoxy) is 1. The Kier molecular flexibility index (Phi) is 12.9. The largest absolute Gasteiger partial charge is 0.507 e. The van der Waals surface area contributed by atoms with E-state index in [0.29, 0.717) is 12.0 Å². The van der Waals surface area contributed by atoms with Crippen LogP contribution < -0.4 is 21.5 Å². The number of aliphatic hydroxyl groups excluding tert-OH is 1. The molecule has 0 heterocycles. The van der Waals surface area contributed by atoms with Gasteiger partial charge < -0.3 is 31.5 Å². The predicted molar refractivity (Wildman–Crippen MR) is 143 cm³/mol. The van der Waals surface area contributed by atoms with Crippen LogP contribution in [0.25, 0.3) is 0 Å². The molecule has 0 aromatic heterocycles. The van der Waals surface area contributed by atoms with Gasteiger partial charge in [-0.25, -0.2) is 4.79 Å². The van der Waals surface area contributed by atoms with Crippen molar-refractivity contribution in [2.45, 2.75) is 13.3 Å². The Bertz CT molecular complexity index is 1170. The van der Waals surface area contributed by atoms with Crippen LogP contribution in [0.1, 0.15) is 23.7 Å². The zero-order valence-electron chi connectivity index (χ0n) is 20.9. The molecule has 1 aliphatic rings. The van der Waals surface area contributed by atoms with Crippen LogP contribution in [-0.2, 0) is 14.4 Å². The molecule has 0 saturated carbocycles. The maximum Gasteiger partial charge on any atom is 0.347 e. The summed E-state index contributed by atoms with van der Waals surface area (Å²) in [6.07, 6.45) is 8.67. The Hall–Kier alpha value is -4.39. The van der Waals surface area contributed by atoms with Gasteiger partial charge in [0.05, 0.1) is 17.7 Å². The van der Waals surface area contributed by atoms with Crippen LogP contribution in [0.5, 0.6) is 5.75 Å². The highest BCUT2D eigenvalue weighted by Crippen LogP contribution is 2.24. The first-order valence-corrected chi connectivity index (χ1v) is 12.0. The lowest BCUT2D eigenvalue weighted by atomic mass is 10.2. The zero-order valence-corrected chi connectivity index (χ0v) is 21.7. The minimum Gasteiger partial charge on any atom is -0.507 e.